The maximum Gasteiger partial charge on any atom is 0.350 e. The number of nitrogens with zero attached hydrogens (tertiary/aromatic N) is 2. The van der Waals surface area contributed by atoms with Crippen molar-refractivity contribution in [2.75, 3.05) is 39.4 Å². The van der Waals surface area contributed by atoms with E-state index in [4.69, 9.17) is 18.9 Å². The molecule has 0 saturated heterocycles. The van der Waals surface area contributed by atoms with Crippen molar-refractivity contribution in [3.05, 3.63) is 28.3 Å². The minimum Gasteiger partial charge on any atom is -0.493 e. The first-order chi connectivity index (χ1) is 14.9. The standard InChI is InChI=1S/C22H30N2O6S/c1-7-9-10-11-24(22-23-14(3)19(31-22)21(26)30-8-2)20(25)15-12-16(27-4)18(29-6)17(13-15)28-5/h12-13H,7-11H2,1-6H3. The van der Waals surface area contributed by atoms with E-state index >= 15 is 0 Å². The first-order valence-electron chi connectivity index (χ1n) is 10.2. The monoisotopic (exact) mass is 450 g/mol. The van der Waals surface area contributed by atoms with Crippen LogP contribution in [0.25, 0.3) is 0 Å². The van der Waals surface area contributed by atoms with E-state index in [1.807, 2.05) is 0 Å². The zero-order valence-corrected chi connectivity index (χ0v) is 19.8. The van der Waals surface area contributed by atoms with Gasteiger partial charge in [0, 0.05) is 12.1 Å². The lowest BCUT2D eigenvalue weighted by Gasteiger charge is -2.21. The van der Waals surface area contributed by atoms with Crippen molar-refractivity contribution in [3.63, 3.8) is 0 Å². The Bertz CT molecular complexity index is 886. The van der Waals surface area contributed by atoms with E-state index in [9.17, 15) is 9.59 Å². The lowest BCUT2D eigenvalue weighted by molar-refractivity contribution is 0.0531. The molecule has 0 aliphatic heterocycles. The highest BCUT2D eigenvalue weighted by Crippen LogP contribution is 2.39. The van der Waals surface area contributed by atoms with Gasteiger partial charge in [-0.25, -0.2) is 9.78 Å². The van der Waals surface area contributed by atoms with Gasteiger partial charge in [0.1, 0.15) is 4.88 Å². The Balaban J connectivity index is 2.48. The highest BCUT2D eigenvalue weighted by molar-refractivity contribution is 7.17. The van der Waals surface area contributed by atoms with Crippen LogP contribution in [0.15, 0.2) is 12.1 Å². The average Bonchev–Trinajstić information content (AvgIpc) is 3.16. The van der Waals surface area contributed by atoms with Crippen molar-refractivity contribution in [2.24, 2.45) is 0 Å². The van der Waals surface area contributed by atoms with E-state index in [1.54, 1.807) is 30.9 Å². The summed E-state index contributed by atoms with van der Waals surface area (Å²) in [6.45, 7) is 6.33. The smallest absolute Gasteiger partial charge is 0.350 e. The molecule has 8 nitrogen and oxygen atoms in total. The van der Waals surface area contributed by atoms with E-state index in [2.05, 4.69) is 11.9 Å². The van der Waals surface area contributed by atoms with Crippen LogP contribution >= 0.6 is 11.3 Å². The molecule has 1 amide bonds. The Morgan fingerprint density at radius 2 is 1.68 bits per heavy atom. The molecular weight excluding hydrogens is 420 g/mol. The van der Waals surface area contributed by atoms with Crippen LogP contribution in [-0.4, -0.2) is 51.3 Å². The lowest BCUT2D eigenvalue weighted by Crippen LogP contribution is -2.32. The molecule has 1 aromatic heterocycles. The van der Waals surface area contributed by atoms with Gasteiger partial charge < -0.3 is 18.9 Å². The van der Waals surface area contributed by atoms with E-state index in [0.717, 1.165) is 30.6 Å². The molecule has 1 aromatic carbocycles. The van der Waals surface area contributed by atoms with Crippen molar-refractivity contribution >= 4 is 28.3 Å². The number of anilines is 1. The number of aryl methyl sites for hydroxylation is 1. The number of methoxy groups -OCH3 is 3. The maximum atomic E-state index is 13.5. The molecule has 0 unspecified atom stereocenters. The molecule has 0 aliphatic rings. The Labute approximate surface area is 187 Å². The maximum absolute atomic E-state index is 13.5. The second kappa shape index (κ2) is 11.5. The molecular formula is C22H30N2O6S. The Morgan fingerprint density at radius 3 is 2.19 bits per heavy atom. The number of ether oxygens (including phenoxy) is 4. The Morgan fingerprint density at radius 1 is 1.03 bits per heavy atom. The van der Waals surface area contributed by atoms with Crippen LogP contribution in [0.3, 0.4) is 0 Å². The number of aromatic nitrogens is 1. The average molecular weight is 451 g/mol. The third-order valence-corrected chi connectivity index (χ3v) is 5.78. The quantitative estimate of drug-likeness (QED) is 0.368. The minimum absolute atomic E-state index is 0.264. The zero-order chi connectivity index (χ0) is 23.0. The van der Waals surface area contributed by atoms with Crippen LogP contribution in [-0.2, 0) is 4.74 Å². The van der Waals surface area contributed by atoms with Crippen LogP contribution in [0.4, 0.5) is 5.13 Å². The molecule has 0 N–H and O–H groups in total. The summed E-state index contributed by atoms with van der Waals surface area (Å²) in [7, 11) is 4.51. The summed E-state index contributed by atoms with van der Waals surface area (Å²) in [5, 5.41) is 0.454. The molecule has 0 atom stereocenters. The van der Waals surface area contributed by atoms with Gasteiger partial charge in [-0.15, -0.1) is 0 Å². The van der Waals surface area contributed by atoms with Crippen LogP contribution in [0, 0.1) is 6.92 Å². The van der Waals surface area contributed by atoms with Crippen LogP contribution in [0.5, 0.6) is 17.2 Å². The SMILES string of the molecule is CCCCCN(C(=O)c1cc(OC)c(OC)c(OC)c1)c1nc(C)c(C(=O)OCC)s1. The highest BCUT2D eigenvalue weighted by Gasteiger charge is 2.26. The molecule has 170 valence electrons. The molecule has 31 heavy (non-hydrogen) atoms. The Hall–Kier alpha value is -2.81. The number of benzene rings is 1. The number of carbonyl (C=O) groups excluding carboxylic acids is 2. The molecule has 0 spiro atoms. The molecule has 1 heterocycles. The van der Waals surface area contributed by atoms with Gasteiger partial charge in [-0.05, 0) is 32.4 Å². The van der Waals surface area contributed by atoms with Gasteiger partial charge in [0.2, 0.25) is 5.75 Å². The topological polar surface area (TPSA) is 87.2 Å². The summed E-state index contributed by atoms with van der Waals surface area (Å²) in [6, 6.07) is 3.23. The molecule has 0 fully saturated rings. The van der Waals surface area contributed by atoms with Crippen molar-refractivity contribution in [2.45, 2.75) is 40.0 Å². The second-order valence-electron chi connectivity index (χ2n) is 6.71. The highest BCUT2D eigenvalue weighted by atomic mass is 32.1. The van der Waals surface area contributed by atoms with Gasteiger partial charge in [0.25, 0.3) is 5.91 Å². The molecule has 0 aliphatic carbocycles. The van der Waals surface area contributed by atoms with Crippen molar-refractivity contribution in [1.82, 2.24) is 4.98 Å². The number of carbonyl (C=O) groups is 2. The van der Waals surface area contributed by atoms with Crippen molar-refractivity contribution < 1.29 is 28.5 Å². The van der Waals surface area contributed by atoms with Gasteiger partial charge >= 0.3 is 5.97 Å². The first-order valence-corrected chi connectivity index (χ1v) is 11.0. The predicted octanol–water partition coefficient (Wildman–Crippen LogP) is 4.49. The van der Waals surface area contributed by atoms with Crippen LogP contribution < -0.4 is 19.1 Å². The normalized spacial score (nSPS) is 10.5. The van der Waals surface area contributed by atoms with Crippen LogP contribution in [0.1, 0.15) is 58.8 Å². The summed E-state index contributed by atoms with van der Waals surface area (Å²) in [6.07, 6.45) is 2.78. The molecule has 2 rings (SSSR count). The number of amides is 1. The van der Waals surface area contributed by atoms with E-state index in [0.29, 0.717) is 45.1 Å². The van der Waals surface area contributed by atoms with Crippen LogP contribution in [0.2, 0.25) is 0 Å². The van der Waals surface area contributed by atoms with Gasteiger partial charge in [-0.2, -0.15) is 0 Å². The largest absolute Gasteiger partial charge is 0.493 e. The molecule has 0 saturated carbocycles. The fraction of sp³-hybridized carbons (Fsp3) is 0.500. The van der Waals surface area contributed by atoms with E-state index in [-0.39, 0.29) is 12.5 Å². The zero-order valence-electron chi connectivity index (χ0n) is 18.9. The van der Waals surface area contributed by atoms with Gasteiger partial charge in [0.15, 0.2) is 16.6 Å². The number of unbranched alkanes of at least 4 members (excludes halogenated alkanes) is 2. The summed E-state index contributed by atoms with van der Waals surface area (Å²) in [5.74, 6) is 0.494. The van der Waals surface area contributed by atoms with Gasteiger partial charge in [0.05, 0.1) is 33.6 Å². The number of hydrogen-bond donors (Lipinski definition) is 0. The second-order valence-corrected chi connectivity index (χ2v) is 7.69. The summed E-state index contributed by atoms with van der Waals surface area (Å²) < 4.78 is 21.2. The third-order valence-electron chi connectivity index (χ3n) is 4.62. The van der Waals surface area contributed by atoms with E-state index in [1.165, 1.54) is 21.3 Å². The fourth-order valence-electron chi connectivity index (χ4n) is 3.05. The van der Waals surface area contributed by atoms with E-state index < -0.39 is 5.97 Å². The number of rotatable bonds is 11. The summed E-state index contributed by atoms with van der Waals surface area (Å²) >= 11 is 1.16. The molecule has 2 aromatic rings. The number of esters is 1. The third kappa shape index (κ3) is 5.66. The molecule has 0 radical (unpaired) electrons. The number of hydrogen-bond acceptors (Lipinski definition) is 8. The predicted molar refractivity (Wildman–Crippen MR) is 120 cm³/mol. The summed E-state index contributed by atoms with van der Waals surface area (Å²) in [4.78, 5) is 32.2. The van der Waals surface area contributed by atoms with Crippen molar-refractivity contribution in [3.8, 4) is 17.2 Å². The molecule has 9 heteroatoms. The van der Waals surface area contributed by atoms with Gasteiger partial charge in [-0.1, -0.05) is 31.1 Å². The fourth-order valence-corrected chi connectivity index (χ4v) is 4.03. The minimum atomic E-state index is -0.433. The number of thiazole rings is 1. The summed E-state index contributed by atoms with van der Waals surface area (Å²) in [5.41, 5.74) is 0.910. The van der Waals surface area contributed by atoms with Crippen molar-refractivity contribution in [1.29, 1.82) is 0 Å². The molecule has 0 bridgehead atoms. The first kappa shape index (κ1) is 24.5. The lowest BCUT2D eigenvalue weighted by atomic mass is 10.1. The Kier molecular flexibility index (Phi) is 9.11. The van der Waals surface area contributed by atoms with Gasteiger partial charge in [-0.3, -0.25) is 9.69 Å².